The normalized spacial score (nSPS) is 12.1. The number of nitrogens with one attached hydrogen (secondary N) is 2. The van der Waals surface area contributed by atoms with Crippen LogP contribution in [0, 0.1) is 0 Å². The number of hydrogen-bond acceptors (Lipinski definition) is 8. The number of carbonyl (C=O) groups is 2. The number of ether oxygens (including phenoxy) is 4. The second-order valence-corrected chi connectivity index (χ2v) is 7.24. The molecule has 0 aliphatic carbocycles. The van der Waals surface area contributed by atoms with Crippen LogP contribution in [0.15, 0.2) is 60.7 Å². The molecular weight excluding hydrogens is 444 g/mol. The summed E-state index contributed by atoms with van der Waals surface area (Å²) < 4.78 is 19.6. The lowest BCUT2D eigenvalue weighted by Gasteiger charge is -2.19. The van der Waals surface area contributed by atoms with E-state index in [1.165, 1.54) is 7.11 Å². The highest BCUT2D eigenvalue weighted by atomic mass is 16.6. The zero-order valence-corrected chi connectivity index (χ0v) is 19.7. The molecule has 2 atom stereocenters. The first kappa shape index (κ1) is 28.9. The minimum absolute atomic E-state index is 0.0158. The van der Waals surface area contributed by atoms with E-state index < -0.39 is 24.5 Å². The van der Waals surface area contributed by atoms with Gasteiger partial charge in [0.05, 0.1) is 19.3 Å². The molecular formula is C24H34N2O8. The van der Waals surface area contributed by atoms with Crippen molar-refractivity contribution < 1.29 is 38.7 Å². The van der Waals surface area contributed by atoms with Crippen molar-refractivity contribution >= 4 is 12.2 Å². The molecule has 10 nitrogen and oxygen atoms in total. The Kier molecular flexibility index (Phi) is 14.7. The van der Waals surface area contributed by atoms with Crippen LogP contribution in [0.2, 0.25) is 0 Å². The Balaban J connectivity index is 0.000000342. The first-order valence-corrected chi connectivity index (χ1v) is 10.6. The summed E-state index contributed by atoms with van der Waals surface area (Å²) in [5.41, 5.74) is 1.82. The third kappa shape index (κ3) is 13.4. The van der Waals surface area contributed by atoms with Crippen LogP contribution in [-0.4, -0.2) is 68.2 Å². The van der Waals surface area contributed by atoms with Gasteiger partial charge >= 0.3 is 12.2 Å². The number of aliphatic hydroxyl groups excluding tert-OH is 1. The van der Waals surface area contributed by atoms with E-state index in [-0.39, 0.29) is 25.9 Å². The number of amides is 2. The second-order valence-electron chi connectivity index (χ2n) is 7.24. The van der Waals surface area contributed by atoms with E-state index in [9.17, 15) is 9.59 Å². The van der Waals surface area contributed by atoms with E-state index in [4.69, 9.17) is 29.2 Å². The van der Waals surface area contributed by atoms with E-state index in [1.807, 2.05) is 67.6 Å². The van der Waals surface area contributed by atoms with Crippen LogP contribution >= 0.6 is 0 Å². The van der Waals surface area contributed by atoms with E-state index in [1.54, 1.807) is 7.11 Å². The maximum atomic E-state index is 11.4. The van der Waals surface area contributed by atoms with Crippen LogP contribution in [0.1, 0.15) is 18.1 Å². The van der Waals surface area contributed by atoms with Gasteiger partial charge in [-0.05, 0) is 18.1 Å². The van der Waals surface area contributed by atoms with Crippen molar-refractivity contribution in [2.75, 3.05) is 27.4 Å². The zero-order chi connectivity index (χ0) is 25.2. The van der Waals surface area contributed by atoms with Crippen LogP contribution in [0.25, 0.3) is 0 Å². The number of rotatable bonds is 11. The monoisotopic (exact) mass is 478 g/mol. The minimum atomic E-state index is -1.70. The molecule has 0 aliphatic rings. The van der Waals surface area contributed by atoms with Gasteiger partial charge < -0.3 is 39.8 Å². The van der Waals surface area contributed by atoms with Crippen molar-refractivity contribution in [3.63, 3.8) is 0 Å². The number of alkyl carbamates (subject to hydrolysis) is 2. The number of benzene rings is 2. The van der Waals surface area contributed by atoms with Gasteiger partial charge in [0.2, 0.25) is 0 Å². The molecule has 0 aromatic heterocycles. The lowest BCUT2D eigenvalue weighted by Crippen LogP contribution is -2.46. The van der Waals surface area contributed by atoms with Crippen molar-refractivity contribution in [2.45, 2.75) is 38.5 Å². The summed E-state index contributed by atoms with van der Waals surface area (Å²) in [5, 5.41) is 22.9. The lowest BCUT2D eigenvalue weighted by molar-refractivity contribution is -0.0806. The fourth-order valence-electron chi connectivity index (χ4n) is 2.56. The standard InChI is InChI=1S/C12H17NO5.C12H17NO3/c1-17-8-10(11(14)15)13-12(16)18-7-9-5-3-2-4-6-9;1-10(8-15-2)13-12(14)16-9-11-6-4-3-5-7-11/h2-6,10-11,14-15H,7-8H2,1H3,(H,13,16);3-7,10H,8-9H2,1-2H3,(H,13,14)/t2*10-/m10/s1. The van der Waals surface area contributed by atoms with E-state index in [2.05, 4.69) is 10.6 Å². The van der Waals surface area contributed by atoms with E-state index in [0.29, 0.717) is 6.61 Å². The molecule has 0 fully saturated rings. The molecule has 0 saturated heterocycles. The Morgan fingerprint density at radius 1 is 0.765 bits per heavy atom. The maximum Gasteiger partial charge on any atom is 0.407 e. The highest BCUT2D eigenvalue weighted by Gasteiger charge is 2.19. The molecule has 2 aromatic carbocycles. The molecule has 0 heterocycles. The maximum absolute atomic E-state index is 11.4. The van der Waals surface area contributed by atoms with Gasteiger partial charge in [0.25, 0.3) is 0 Å². The molecule has 0 radical (unpaired) electrons. The minimum Gasteiger partial charge on any atom is -0.445 e. The summed E-state index contributed by atoms with van der Waals surface area (Å²) in [6.45, 7) is 2.71. The molecule has 10 heteroatoms. The average molecular weight is 479 g/mol. The largest absolute Gasteiger partial charge is 0.445 e. The first-order valence-electron chi connectivity index (χ1n) is 10.6. The summed E-state index contributed by atoms with van der Waals surface area (Å²) in [7, 11) is 2.99. The Morgan fingerprint density at radius 2 is 1.21 bits per heavy atom. The predicted octanol–water partition coefficient (Wildman–Crippen LogP) is 2.19. The predicted molar refractivity (Wildman–Crippen MR) is 125 cm³/mol. The lowest BCUT2D eigenvalue weighted by atomic mass is 10.2. The van der Waals surface area contributed by atoms with Gasteiger partial charge in [0, 0.05) is 14.2 Å². The third-order valence-electron chi connectivity index (χ3n) is 4.22. The van der Waals surface area contributed by atoms with Crippen molar-refractivity contribution in [1.29, 1.82) is 0 Å². The Hall–Kier alpha value is -3.18. The summed E-state index contributed by atoms with van der Waals surface area (Å²) >= 11 is 0. The van der Waals surface area contributed by atoms with E-state index >= 15 is 0 Å². The number of methoxy groups -OCH3 is 2. The summed E-state index contributed by atoms with van der Waals surface area (Å²) in [5.74, 6) is 0. The Morgan fingerprint density at radius 3 is 1.62 bits per heavy atom. The number of hydrogen-bond donors (Lipinski definition) is 4. The van der Waals surface area contributed by atoms with Crippen LogP contribution in [0.5, 0.6) is 0 Å². The highest BCUT2D eigenvalue weighted by Crippen LogP contribution is 2.02. The molecule has 2 rings (SSSR count). The molecule has 2 aromatic rings. The fourth-order valence-corrected chi connectivity index (χ4v) is 2.56. The van der Waals surface area contributed by atoms with Gasteiger partial charge in [-0.25, -0.2) is 9.59 Å². The van der Waals surface area contributed by atoms with Gasteiger partial charge in [-0.1, -0.05) is 60.7 Å². The van der Waals surface area contributed by atoms with Gasteiger partial charge in [-0.2, -0.15) is 0 Å². The van der Waals surface area contributed by atoms with Crippen molar-refractivity contribution in [3.05, 3.63) is 71.8 Å². The van der Waals surface area contributed by atoms with E-state index in [0.717, 1.165) is 11.1 Å². The van der Waals surface area contributed by atoms with Crippen LogP contribution in [0.3, 0.4) is 0 Å². The van der Waals surface area contributed by atoms with Crippen molar-refractivity contribution in [2.24, 2.45) is 0 Å². The summed E-state index contributed by atoms with van der Waals surface area (Å²) in [4.78, 5) is 22.7. The zero-order valence-electron chi connectivity index (χ0n) is 19.7. The highest BCUT2D eigenvalue weighted by molar-refractivity contribution is 5.68. The Labute approximate surface area is 199 Å². The van der Waals surface area contributed by atoms with Gasteiger partial charge in [0.1, 0.15) is 19.3 Å². The molecule has 0 aliphatic heterocycles. The molecule has 2 amide bonds. The molecule has 0 spiro atoms. The topological polar surface area (TPSA) is 136 Å². The van der Waals surface area contributed by atoms with Crippen molar-refractivity contribution in [3.8, 4) is 0 Å². The SMILES string of the molecule is COC[C@@H](NC(=O)OCc1ccccc1)C(O)O.COC[C@H](C)NC(=O)OCc1ccccc1. The fraction of sp³-hybridized carbons (Fsp3) is 0.417. The average Bonchev–Trinajstić information content (AvgIpc) is 2.83. The number of carbonyl (C=O) groups excluding carboxylic acids is 2. The summed E-state index contributed by atoms with van der Waals surface area (Å²) in [6, 6.07) is 17.8. The van der Waals surface area contributed by atoms with Gasteiger partial charge in [-0.15, -0.1) is 0 Å². The first-order chi connectivity index (χ1) is 16.3. The van der Waals surface area contributed by atoms with Gasteiger partial charge in [0.15, 0.2) is 6.29 Å². The summed E-state index contributed by atoms with van der Waals surface area (Å²) in [6.07, 6.45) is -2.85. The molecule has 0 saturated carbocycles. The van der Waals surface area contributed by atoms with Crippen LogP contribution in [0.4, 0.5) is 9.59 Å². The number of aliphatic hydroxyl groups is 2. The molecule has 0 bridgehead atoms. The third-order valence-corrected chi connectivity index (χ3v) is 4.22. The molecule has 34 heavy (non-hydrogen) atoms. The Bertz CT molecular complexity index is 805. The second kappa shape index (κ2) is 17.3. The van der Waals surface area contributed by atoms with Crippen LogP contribution < -0.4 is 10.6 Å². The molecule has 4 N–H and O–H groups in total. The van der Waals surface area contributed by atoms with Crippen LogP contribution in [-0.2, 0) is 32.2 Å². The quantitative estimate of drug-likeness (QED) is 0.361. The molecule has 0 unspecified atom stereocenters. The van der Waals surface area contributed by atoms with Gasteiger partial charge in [-0.3, -0.25) is 0 Å². The van der Waals surface area contributed by atoms with Crippen molar-refractivity contribution in [1.82, 2.24) is 10.6 Å². The smallest absolute Gasteiger partial charge is 0.407 e. The molecule has 188 valence electrons.